The third-order valence-electron chi connectivity index (χ3n) is 4.03. The Morgan fingerprint density at radius 3 is 2.15 bits per heavy atom. The zero-order valence-corrected chi connectivity index (χ0v) is 14.5. The maximum absolute atomic E-state index is 12.2. The average molecular weight is 344 g/mol. The number of carbonyl (C=O) groups is 2. The van der Waals surface area contributed by atoms with E-state index >= 15 is 0 Å². The molecule has 3 aromatic carbocycles. The van der Waals surface area contributed by atoms with Gasteiger partial charge in [0.05, 0.1) is 6.54 Å². The van der Waals surface area contributed by atoms with E-state index in [-0.39, 0.29) is 18.2 Å². The minimum Gasteiger partial charge on any atom is -0.376 e. The molecular formula is C22H20N2O2. The number of Topliss-reactive ketones (excluding diaryl/α,β-unsaturated/α-hetero) is 1. The van der Waals surface area contributed by atoms with Gasteiger partial charge in [0.1, 0.15) is 0 Å². The molecule has 3 rings (SSSR count). The summed E-state index contributed by atoms with van der Waals surface area (Å²) in [4.78, 5) is 23.5. The van der Waals surface area contributed by atoms with Crippen molar-refractivity contribution >= 4 is 23.1 Å². The average Bonchev–Trinajstić information content (AvgIpc) is 2.68. The first-order chi connectivity index (χ1) is 12.6. The highest BCUT2D eigenvalue weighted by atomic mass is 16.2. The van der Waals surface area contributed by atoms with Gasteiger partial charge in [0, 0.05) is 22.5 Å². The number of rotatable bonds is 6. The monoisotopic (exact) mass is 344 g/mol. The highest BCUT2D eigenvalue weighted by Crippen LogP contribution is 2.27. The van der Waals surface area contributed by atoms with Crippen molar-refractivity contribution in [3.63, 3.8) is 0 Å². The van der Waals surface area contributed by atoms with Gasteiger partial charge in [-0.05, 0) is 42.8 Å². The second-order valence-electron chi connectivity index (χ2n) is 5.95. The standard InChI is InChI=1S/C22H20N2O2/c1-16(25)17-11-13-19(14-12-17)24-22(26)15-23-21-10-6-5-9-20(21)18-7-3-2-4-8-18/h2-14,23H,15H2,1H3,(H,24,26). The summed E-state index contributed by atoms with van der Waals surface area (Å²) in [7, 11) is 0. The number of carbonyl (C=O) groups excluding carboxylic acids is 2. The molecule has 0 unspecified atom stereocenters. The van der Waals surface area contributed by atoms with E-state index in [1.165, 1.54) is 6.92 Å². The van der Waals surface area contributed by atoms with Gasteiger partial charge in [-0.25, -0.2) is 0 Å². The minimum atomic E-state index is -0.150. The largest absolute Gasteiger partial charge is 0.376 e. The molecule has 130 valence electrons. The number of benzene rings is 3. The molecule has 0 aliphatic rings. The Morgan fingerprint density at radius 2 is 1.46 bits per heavy atom. The van der Waals surface area contributed by atoms with Crippen molar-refractivity contribution < 1.29 is 9.59 Å². The highest BCUT2D eigenvalue weighted by molar-refractivity contribution is 5.97. The Bertz CT molecular complexity index is 903. The molecule has 0 spiro atoms. The third-order valence-corrected chi connectivity index (χ3v) is 4.03. The second kappa shape index (κ2) is 8.12. The molecule has 4 heteroatoms. The van der Waals surface area contributed by atoms with Crippen LogP contribution < -0.4 is 10.6 Å². The van der Waals surface area contributed by atoms with Crippen LogP contribution in [0.4, 0.5) is 11.4 Å². The first-order valence-electron chi connectivity index (χ1n) is 8.42. The molecule has 0 fully saturated rings. The Morgan fingerprint density at radius 1 is 0.808 bits per heavy atom. The fourth-order valence-electron chi connectivity index (χ4n) is 2.68. The molecule has 0 radical (unpaired) electrons. The van der Waals surface area contributed by atoms with E-state index in [2.05, 4.69) is 10.6 Å². The lowest BCUT2D eigenvalue weighted by atomic mass is 10.0. The van der Waals surface area contributed by atoms with Crippen LogP contribution in [-0.4, -0.2) is 18.2 Å². The topological polar surface area (TPSA) is 58.2 Å². The van der Waals surface area contributed by atoms with Gasteiger partial charge in [-0.15, -0.1) is 0 Å². The molecule has 0 aromatic heterocycles. The number of para-hydroxylation sites is 1. The molecule has 0 saturated carbocycles. The third kappa shape index (κ3) is 4.36. The summed E-state index contributed by atoms with van der Waals surface area (Å²) in [6.45, 7) is 1.67. The summed E-state index contributed by atoms with van der Waals surface area (Å²) >= 11 is 0. The van der Waals surface area contributed by atoms with E-state index in [0.717, 1.165) is 16.8 Å². The predicted octanol–water partition coefficient (Wildman–Crippen LogP) is 4.61. The van der Waals surface area contributed by atoms with Gasteiger partial charge in [0.25, 0.3) is 0 Å². The van der Waals surface area contributed by atoms with Gasteiger partial charge < -0.3 is 10.6 Å². The molecule has 3 aromatic rings. The van der Waals surface area contributed by atoms with Crippen molar-refractivity contribution in [1.29, 1.82) is 0 Å². The van der Waals surface area contributed by atoms with Crippen molar-refractivity contribution in [3.8, 4) is 11.1 Å². The van der Waals surface area contributed by atoms with E-state index in [9.17, 15) is 9.59 Å². The zero-order valence-electron chi connectivity index (χ0n) is 14.5. The van der Waals surface area contributed by atoms with Crippen molar-refractivity contribution in [2.45, 2.75) is 6.92 Å². The maximum Gasteiger partial charge on any atom is 0.243 e. The van der Waals surface area contributed by atoms with E-state index in [0.29, 0.717) is 11.3 Å². The summed E-state index contributed by atoms with van der Waals surface area (Å²) < 4.78 is 0. The smallest absolute Gasteiger partial charge is 0.243 e. The lowest BCUT2D eigenvalue weighted by Gasteiger charge is -2.12. The van der Waals surface area contributed by atoms with Crippen LogP contribution in [0.2, 0.25) is 0 Å². The number of hydrogen-bond acceptors (Lipinski definition) is 3. The first-order valence-corrected chi connectivity index (χ1v) is 8.42. The van der Waals surface area contributed by atoms with Gasteiger partial charge in [0.2, 0.25) is 5.91 Å². The Hall–Kier alpha value is -3.40. The molecule has 0 aliphatic heterocycles. The summed E-state index contributed by atoms with van der Waals surface area (Å²) in [6.07, 6.45) is 0. The minimum absolute atomic E-state index is 0.00191. The van der Waals surface area contributed by atoms with E-state index in [4.69, 9.17) is 0 Å². The quantitative estimate of drug-likeness (QED) is 0.642. The summed E-state index contributed by atoms with van der Waals surface area (Å²) in [5, 5.41) is 6.02. The van der Waals surface area contributed by atoms with Crippen molar-refractivity contribution in [3.05, 3.63) is 84.4 Å². The van der Waals surface area contributed by atoms with Crippen molar-refractivity contribution in [2.24, 2.45) is 0 Å². The maximum atomic E-state index is 12.2. The molecule has 4 nitrogen and oxygen atoms in total. The molecule has 26 heavy (non-hydrogen) atoms. The van der Waals surface area contributed by atoms with E-state index < -0.39 is 0 Å². The number of anilines is 2. The normalized spacial score (nSPS) is 10.2. The van der Waals surface area contributed by atoms with E-state index in [1.807, 2.05) is 54.6 Å². The highest BCUT2D eigenvalue weighted by Gasteiger charge is 2.07. The lowest BCUT2D eigenvalue weighted by Crippen LogP contribution is -2.22. The van der Waals surface area contributed by atoms with Crippen LogP contribution in [0.5, 0.6) is 0 Å². The van der Waals surface area contributed by atoms with Gasteiger partial charge in [-0.1, -0.05) is 48.5 Å². The van der Waals surface area contributed by atoms with Crippen LogP contribution in [0, 0.1) is 0 Å². The fourth-order valence-corrected chi connectivity index (χ4v) is 2.68. The fraction of sp³-hybridized carbons (Fsp3) is 0.0909. The molecule has 0 atom stereocenters. The molecule has 1 amide bonds. The van der Waals surface area contributed by atoms with Gasteiger partial charge >= 0.3 is 0 Å². The SMILES string of the molecule is CC(=O)c1ccc(NC(=O)CNc2ccccc2-c2ccccc2)cc1. The Kier molecular flexibility index (Phi) is 5.44. The lowest BCUT2D eigenvalue weighted by molar-refractivity contribution is -0.114. The second-order valence-corrected chi connectivity index (χ2v) is 5.95. The Labute approximate surface area is 152 Å². The van der Waals surface area contributed by atoms with Crippen LogP contribution in [0.1, 0.15) is 17.3 Å². The summed E-state index contributed by atoms with van der Waals surface area (Å²) in [5.41, 5.74) is 4.33. The van der Waals surface area contributed by atoms with Crippen LogP contribution in [-0.2, 0) is 4.79 Å². The molecule has 0 saturated heterocycles. The van der Waals surface area contributed by atoms with Crippen LogP contribution in [0.15, 0.2) is 78.9 Å². The van der Waals surface area contributed by atoms with Gasteiger partial charge in [-0.3, -0.25) is 9.59 Å². The predicted molar refractivity (Wildman–Crippen MR) is 105 cm³/mol. The van der Waals surface area contributed by atoms with Crippen LogP contribution in [0.25, 0.3) is 11.1 Å². The summed E-state index contributed by atoms with van der Waals surface area (Å²) in [5.74, 6) is -0.148. The zero-order chi connectivity index (χ0) is 18.4. The molecule has 2 N–H and O–H groups in total. The number of ketones is 1. The number of hydrogen-bond donors (Lipinski definition) is 2. The van der Waals surface area contributed by atoms with Crippen molar-refractivity contribution in [2.75, 3.05) is 17.2 Å². The molecular weight excluding hydrogens is 324 g/mol. The van der Waals surface area contributed by atoms with Gasteiger partial charge in [0.15, 0.2) is 5.78 Å². The molecule has 0 heterocycles. The molecule has 0 bridgehead atoms. The van der Waals surface area contributed by atoms with Crippen LogP contribution >= 0.6 is 0 Å². The molecule has 0 aliphatic carbocycles. The van der Waals surface area contributed by atoms with Crippen molar-refractivity contribution in [1.82, 2.24) is 0 Å². The van der Waals surface area contributed by atoms with E-state index in [1.54, 1.807) is 24.3 Å². The summed E-state index contributed by atoms with van der Waals surface area (Å²) in [6, 6.07) is 24.8. The van der Waals surface area contributed by atoms with Crippen LogP contribution in [0.3, 0.4) is 0 Å². The number of amides is 1. The van der Waals surface area contributed by atoms with Gasteiger partial charge in [-0.2, -0.15) is 0 Å². The number of nitrogens with one attached hydrogen (secondary N) is 2. The first kappa shape index (κ1) is 17.4. The Balaban J connectivity index is 1.64.